The Hall–Kier alpha value is -4.30. The average Bonchev–Trinajstić information content (AvgIpc) is 2.97. The summed E-state index contributed by atoms with van der Waals surface area (Å²) in [7, 11) is 0. The number of pyridine rings is 1. The molecular formula is C30H29N7OS. The molecule has 39 heavy (non-hydrogen) atoms. The highest BCUT2D eigenvalue weighted by Gasteiger charge is 2.18. The zero-order valence-electron chi connectivity index (χ0n) is 21.7. The summed E-state index contributed by atoms with van der Waals surface area (Å²) in [4.78, 5) is 32.7. The van der Waals surface area contributed by atoms with E-state index in [0.717, 1.165) is 55.0 Å². The molecule has 1 amide bonds. The van der Waals surface area contributed by atoms with Crippen molar-refractivity contribution in [3.8, 4) is 11.3 Å². The predicted octanol–water partition coefficient (Wildman–Crippen LogP) is 5.91. The normalized spacial score (nSPS) is 13.9. The molecule has 196 valence electrons. The van der Waals surface area contributed by atoms with Gasteiger partial charge in [-0.3, -0.25) is 14.7 Å². The number of nitrogens with one attached hydrogen (secondary N) is 2. The minimum absolute atomic E-state index is 0.162. The van der Waals surface area contributed by atoms with Crippen LogP contribution in [0.3, 0.4) is 0 Å². The molecule has 0 bridgehead atoms. The average molecular weight is 536 g/mol. The van der Waals surface area contributed by atoms with Crippen molar-refractivity contribution in [1.82, 2.24) is 19.9 Å². The molecule has 0 atom stereocenters. The fourth-order valence-corrected chi connectivity index (χ4v) is 4.70. The van der Waals surface area contributed by atoms with Crippen molar-refractivity contribution in [3.05, 3.63) is 95.9 Å². The molecule has 0 unspecified atom stereocenters. The third kappa shape index (κ3) is 6.97. The SMILES string of the molecule is Cc1ccc(NC(=O)c2ccc(CN3CCC(N=C=S)CC3)cc2)cc1Nc1nccc(-c2cccnc2)n1. The Kier molecular flexibility index (Phi) is 8.43. The number of hydrogen-bond donors (Lipinski definition) is 2. The van der Waals surface area contributed by atoms with Crippen LogP contribution in [0.1, 0.15) is 34.3 Å². The van der Waals surface area contributed by atoms with Crippen LogP contribution < -0.4 is 10.6 Å². The van der Waals surface area contributed by atoms with Crippen molar-refractivity contribution in [2.75, 3.05) is 23.7 Å². The first kappa shape index (κ1) is 26.3. The lowest BCUT2D eigenvalue weighted by Gasteiger charge is -2.29. The van der Waals surface area contributed by atoms with E-state index in [1.807, 2.05) is 67.6 Å². The molecule has 2 aromatic carbocycles. The predicted molar refractivity (Wildman–Crippen MR) is 157 cm³/mol. The van der Waals surface area contributed by atoms with Gasteiger partial charge in [0.1, 0.15) is 0 Å². The second-order valence-corrected chi connectivity index (χ2v) is 9.72. The Morgan fingerprint density at radius 1 is 1.10 bits per heavy atom. The number of likely N-dealkylation sites (tertiary alicyclic amines) is 1. The minimum Gasteiger partial charge on any atom is -0.324 e. The number of benzene rings is 2. The van der Waals surface area contributed by atoms with Crippen molar-refractivity contribution in [2.24, 2.45) is 4.99 Å². The molecule has 0 radical (unpaired) electrons. The number of thiocarbonyl (C=S) groups is 1. The van der Waals surface area contributed by atoms with Gasteiger partial charge >= 0.3 is 0 Å². The lowest BCUT2D eigenvalue weighted by atomic mass is 10.0. The summed E-state index contributed by atoms with van der Waals surface area (Å²) in [6, 6.07) is 19.5. The number of carbonyl (C=O) groups excluding carboxylic acids is 1. The number of isothiocyanates is 1. The highest BCUT2D eigenvalue weighted by Crippen LogP contribution is 2.25. The quantitative estimate of drug-likeness (QED) is 0.214. The van der Waals surface area contributed by atoms with Crippen LogP contribution in [0.4, 0.5) is 17.3 Å². The lowest BCUT2D eigenvalue weighted by molar-refractivity contribution is 0.102. The number of aliphatic imine (C=N–C) groups is 1. The van der Waals surface area contributed by atoms with E-state index in [9.17, 15) is 4.79 Å². The summed E-state index contributed by atoms with van der Waals surface area (Å²) in [6.07, 6.45) is 7.20. The van der Waals surface area contributed by atoms with Gasteiger partial charge in [0.2, 0.25) is 5.95 Å². The zero-order valence-corrected chi connectivity index (χ0v) is 22.5. The van der Waals surface area contributed by atoms with Crippen molar-refractivity contribution >= 4 is 40.6 Å². The molecule has 0 spiro atoms. The van der Waals surface area contributed by atoms with Gasteiger partial charge in [-0.15, -0.1) is 0 Å². The number of carbonyl (C=O) groups is 1. The number of hydrogen-bond acceptors (Lipinski definition) is 8. The van der Waals surface area contributed by atoms with Crippen LogP contribution in [0.5, 0.6) is 0 Å². The van der Waals surface area contributed by atoms with Crippen molar-refractivity contribution in [3.63, 3.8) is 0 Å². The maximum Gasteiger partial charge on any atom is 0.255 e. The zero-order chi connectivity index (χ0) is 27.0. The monoisotopic (exact) mass is 535 g/mol. The van der Waals surface area contributed by atoms with Gasteiger partial charge in [-0.25, -0.2) is 15.0 Å². The van der Waals surface area contributed by atoms with Gasteiger partial charge in [-0.2, -0.15) is 0 Å². The number of rotatable bonds is 8. The van der Waals surface area contributed by atoms with Gasteiger partial charge in [0.05, 0.1) is 16.9 Å². The first-order valence-electron chi connectivity index (χ1n) is 12.9. The van der Waals surface area contributed by atoms with E-state index in [-0.39, 0.29) is 5.91 Å². The highest BCUT2D eigenvalue weighted by atomic mass is 32.1. The fourth-order valence-electron chi connectivity index (χ4n) is 4.55. The molecule has 8 nitrogen and oxygen atoms in total. The van der Waals surface area contributed by atoms with Crippen LogP contribution >= 0.6 is 12.2 Å². The summed E-state index contributed by atoms with van der Waals surface area (Å²) in [5.41, 5.74) is 5.97. The van der Waals surface area contributed by atoms with Gasteiger partial charge in [0.15, 0.2) is 0 Å². The summed E-state index contributed by atoms with van der Waals surface area (Å²) >= 11 is 4.73. The van der Waals surface area contributed by atoms with Crippen LogP contribution in [0.15, 0.2) is 84.2 Å². The molecule has 0 aliphatic carbocycles. The largest absolute Gasteiger partial charge is 0.324 e. The Morgan fingerprint density at radius 3 is 2.67 bits per heavy atom. The molecule has 9 heteroatoms. The Morgan fingerprint density at radius 2 is 1.92 bits per heavy atom. The van der Waals surface area contributed by atoms with E-state index >= 15 is 0 Å². The summed E-state index contributed by atoms with van der Waals surface area (Å²) < 4.78 is 0. The number of aryl methyl sites for hydroxylation is 1. The molecule has 2 aromatic heterocycles. The van der Waals surface area contributed by atoms with E-state index in [1.165, 1.54) is 5.56 Å². The lowest BCUT2D eigenvalue weighted by Crippen LogP contribution is -2.34. The molecule has 1 aliphatic heterocycles. The van der Waals surface area contributed by atoms with Crippen LogP contribution in [-0.4, -0.2) is 50.1 Å². The van der Waals surface area contributed by atoms with E-state index in [4.69, 9.17) is 12.2 Å². The third-order valence-electron chi connectivity index (χ3n) is 6.77. The minimum atomic E-state index is -0.162. The molecular weight excluding hydrogens is 506 g/mol. The first-order chi connectivity index (χ1) is 19.1. The van der Waals surface area contributed by atoms with Gasteiger partial charge in [0.25, 0.3) is 5.91 Å². The van der Waals surface area contributed by atoms with Gasteiger partial charge in [0, 0.05) is 60.7 Å². The maximum atomic E-state index is 13.0. The van der Waals surface area contributed by atoms with Crippen molar-refractivity contribution in [1.29, 1.82) is 0 Å². The van der Waals surface area contributed by atoms with Crippen LogP contribution in [0.2, 0.25) is 0 Å². The van der Waals surface area contributed by atoms with E-state index in [1.54, 1.807) is 18.6 Å². The topological polar surface area (TPSA) is 95.4 Å². The summed E-state index contributed by atoms with van der Waals surface area (Å²) in [5, 5.41) is 8.78. The van der Waals surface area contributed by atoms with Gasteiger partial charge in [-0.05, 0) is 85.6 Å². The van der Waals surface area contributed by atoms with Crippen LogP contribution in [-0.2, 0) is 6.54 Å². The Labute approximate surface area is 233 Å². The molecule has 1 saturated heterocycles. The number of piperidine rings is 1. The van der Waals surface area contributed by atoms with E-state index in [0.29, 0.717) is 23.2 Å². The molecule has 1 fully saturated rings. The molecule has 5 rings (SSSR count). The van der Waals surface area contributed by atoms with E-state index in [2.05, 4.69) is 40.6 Å². The van der Waals surface area contributed by atoms with Crippen molar-refractivity contribution in [2.45, 2.75) is 32.4 Å². The molecule has 1 aliphatic rings. The third-order valence-corrected chi connectivity index (χ3v) is 6.87. The maximum absolute atomic E-state index is 13.0. The Bertz CT molecular complexity index is 1480. The van der Waals surface area contributed by atoms with Crippen LogP contribution in [0.25, 0.3) is 11.3 Å². The second-order valence-electron chi connectivity index (χ2n) is 9.54. The van der Waals surface area contributed by atoms with Crippen molar-refractivity contribution < 1.29 is 4.79 Å². The molecule has 2 N–H and O–H groups in total. The smallest absolute Gasteiger partial charge is 0.255 e. The fraction of sp³-hybridized carbons (Fsp3) is 0.233. The van der Waals surface area contributed by atoms with Gasteiger partial charge < -0.3 is 10.6 Å². The number of nitrogens with zero attached hydrogens (tertiary/aromatic N) is 5. The molecule has 4 aromatic rings. The standard InChI is InChI=1S/C30H29N7OS/c1-21-4-9-26(17-28(21)36-30-32-14-10-27(35-30)24-3-2-13-31-18-24)34-29(38)23-7-5-22(6-8-23)19-37-15-11-25(12-16-37)33-20-39/h2-10,13-14,17-18,25H,11-12,15-16,19H2,1H3,(H,34,38)(H,32,35,36). The first-order valence-corrected chi connectivity index (χ1v) is 13.3. The highest BCUT2D eigenvalue weighted by molar-refractivity contribution is 7.78. The summed E-state index contributed by atoms with van der Waals surface area (Å²) in [5.74, 6) is 0.305. The number of aromatic nitrogens is 3. The molecule has 3 heterocycles. The molecule has 0 saturated carbocycles. The van der Waals surface area contributed by atoms with Gasteiger partial charge in [-0.1, -0.05) is 18.2 Å². The number of amides is 1. The summed E-state index contributed by atoms with van der Waals surface area (Å²) in [6.45, 7) is 4.81. The number of anilines is 3. The van der Waals surface area contributed by atoms with E-state index < -0.39 is 0 Å². The Balaban J connectivity index is 1.21. The van der Waals surface area contributed by atoms with Crippen LogP contribution in [0, 0.1) is 6.92 Å². The second kappa shape index (κ2) is 12.5.